The van der Waals surface area contributed by atoms with Gasteiger partial charge in [0.2, 0.25) is 0 Å². The van der Waals surface area contributed by atoms with Crippen molar-refractivity contribution in [2.24, 2.45) is 0 Å². The third kappa shape index (κ3) is 5.45. The predicted molar refractivity (Wildman–Crippen MR) is 136 cm³/mol. The number of thiocarbonyl (C=S) groups is 1. The molecule has 0 unspecified atom stereocenters. The summed E-state index contributed by atoms with van der Waals surface area (Å²) in [6, 6.07) is 22.3. The lowest BCUT2D eigenvalue weighted by molar-refractivity contribution is -0.123. The summed E-state index contributed by atoms with van der Waals surface area (Å²) < 4.78 is 6.20. The summed E-state index contributed by atoms with van der Waals surface area (Å²) in [4.78, 5) is 26.0. The highest BCUT2D eigenvalue weighted by Crippen LogP contribution is 2.33. The number of rotatable bonds is 6. The van der Waals surface area contributed by atoms with Crippen molar-refractivity contribution < 1.29 is 14.3 Å². The molecule has 8 heteroatoms. The highest BCUT2D eigenvalue weighted by atomic mass is 35.5. The predicted octanol–water partition coefficient (Wildman–Crippen LogP) is 5.77. The van der Waals surface area contributed by atoms with Gasteiger partial charge in [-0.1, -0.05) is 78.0 Å². The minimum atomic E-state index is -0.510. The second kappa shape index (κ2) is 10.2. The summed E-state index contributed by atoms with van der Waals surface area (Å²) in [6.07, 6.45) is 1.71. The number of amides is 2. The molecule has 0 saturated carbocycles. The van der Waals surface area contributed by atoms with E-state index >= 15 is 0 Å². The van der Waals surface area contributed by atoms with Crippen molar-refractivity contribution in [1.29, 1.82) is 0 Å². The van der Waals surface area contributed by atoms with E-state index in [2.05, 4.69) is 5.43 Å². The lowest BCUT2D eigenvalue weighted by atomic mass is 10.1. The molecule has 0 aromatic heterocycles. The molecule has 1 aliphatic rings. The van der Waals surface area contributed by atoms with E-state index in [0.29, 0.717) is 22.3 Å². The Morgan fingerprint density at radius 1 is 1.12 bits per heavy atom. The highest BCUT2D eigenvalue weighted by Gasteiger charge is 2.34. The monoisotopic (exact) mass is 494 g/mol. The number of hydrogen-bond acceptors (Lipinski definition) is 5. The van der Waals surface area contributed by atoms with Crippen molar-refractivity contribution in [3.63, 3.8) is 0 Å². The molecule has 1 heterocycles. The molecule has 5 nitrogen and oxygen atoms in total. The number of hydrogen-bond donors (Lipinski definition) is 1. The van der Waals surface area contributed by atoms with Crippen molar-refractivity contribution >= 4 is 57.8 Å². The van der Waals surface area contributed by atoms with Crippen LogP contribution >= 0.6 is 35.6 Å². The van der Waals surface area contributed by atoms with E-state index in [9.17, 15) is 9.59 Å². The van der Waals surface area contributed by atoms with Crippen LogP contribution in [0, 0.1) is 6.92 Å². The molecule has 0 radical (unpaired) electrons. The van der Waals surface area contributed by atoms with Gasteiger partial charge in [0.05, 0.1) is 15.5 Å². The number of aryl methyl sites for hydroxylation is 1. The van der Waals surface area contributed by atoms with Crippen molar-refractivity contribution in [2.45, 2.75) is 13.5 Å². The van der Waals surface area contributed by atoms with Crippen LogP contribution in [0.4, 0.5) is 0 Å². The van der Waals surface area contributed by atoms with Crippen LogP contribution in [0.1, 0.15) is 27.0 Å². The first kappa shape index (κ1) is 23.0. The Bertz CT molecular complexity index is 1260. The first-order valence-electron chi connectivity index (χ1n) is 10.0. The van der Waals surface area contributed by atoms with Crippen LogP contribution in [-0.2, 0) is 11.4 Å². The Labute approximate surface area is 206 Å². The average molecular weight is 495 g/mol. The normalized spacial score (nSPS) is 14.6. The number of benzene rings is 3. The van der Waals surface area contributed by atoms with Crippen molar-refractivity contribution in [2.75, 3.05) is 0 Å². The van der Waals surface area contributed by atoms with E-state index in [1.165, 1.54) is 0 Å². The van der Waals surface area contributed by atoms with Gasteiger partial charge in [0.25, 0.3) is 11.8 Å². The molecule has 1 fully saturated rings. The number of hydrazine groups is 1. The number of carbonyl (C=O) groups excluding carboxylic acids is 2. The van der Waals surface area contributed by atoms with E-state index in [-0.39, 0.29) is 9.88 Å². The molecule has 1 N–H and O–H groups in total. The summed E-state index contributed by atoms with van der Waals surface area (Å²) in [7, 11) is 0. The molecule has 1 aliphatic heterocycles. The molecule has 3 aromatic rings. The minimum Gasteiger partial charge on any atom is -0.488 e. The fourth-order valence-electron chi connectivity index (χ4n) is 3.14. The second-order valence-corrected chi connectivity index (χ2v) is 9.34. The number of nitrogens with one attached hydrogen (secondary N) is 1. The quantitative estimate of drug-likeness (QED) is 0.348. The summed E-state index contributed by atoms with van der Waals surface area (Å²) in [5.41, 5.74) is 5.53. The molecular weight excluding hydrogens is 476 g/mol. The van der Waals surface area contributed by atoms with Crippen molar-refractivity contribution in [3.05, 3.63) is 105 Å². The van der Waals surface area contributed by atoms with E-state index in [0.717, 1.165) is 33.5 Å². The van der Waals surface area contributed by atoms with Crippen LogP contribution in [0.3, 0.4) is 0 Å². The lowest BCUT2D eigenvalue weighted by Crippen LogP contribution is -2.44. The number of para-hydroxylation sites is 1. The van der Waals surface area contributed by atoms with Crippen LogP contribution < -0.4 is 10.2 Å². The molecular formula is C25H19ClN2O3S2. The smallest absolute Gasteiger partial charge is 0.285 e. The Morgan fingerprint density at radius 3 is 2.61 bits per heavy atom. The number of carbonyl (C=O) groups is 2. The molecule has 33 heavy (non-hydrogen) atoms. The van der Waals surface area contributed by atoms with Gasteiger partial charge in [0, 0.05) is 5.56 Å². The van der Waals surface area contributed by atoms with Crippen LogP contribution in [0.15, 0.2) is 77.7 Å². The maximum Gasteiger partial charge on any atom is 0.285 e. The molecule has 166 valence electrons. The number of thioether (sulfide) groups is 1. The zero-order valence-electron chi connectivity index (χ0n) is 17.6. The van der Waals surface area contributed by atoms with Gasteiger partial charge in [0.15, 0.2) is 4.32 Å². The molecule has 4 rings (SSSR count). The molecule has 2 amide bonds. The fraction of sp³-hybridized carbons (Fsp3) is 0.0800. The first-order valence-corrected chi connectivity index (χ1v) is 11.6. The summed E-state index contributed by atoms with van der Waals surface area (Å²) in [5.74, 6) is -0.286. The third-order valence-electron chi connectivity index (χ3n) is 4.82. The van der Waals surface area contributed by atoms with Gasteiger partial charge in [-0.15, -0.1) is 0 Å². The molecule has 0 atom stereocenters. The van der Waals surface area contributed by atoms with Gasteiger partial charge in [-0.25, -0.2) is 0 Å². The molecule has 1 saturated heterocycles. The molecule has 0 aliphatic carbocycles. The minimum absolute atomic E-state index is 0.227. The molecule has 3 aromatic carbocycles. The highest BCUT2D eigenvalue weighted by molar-refractivity contribution is 8.26. The fourth-order valence-corrected chi connectivity index (χ4v) is 4.63. The van der Waals surface area contributed by atoms with Crippen LogP contribution in [0.5, 0.6) is 5.75 Å². The first-order chi connectivity index (χ1) is 15.9. The van der Waals surface area contributed by atoms with Gasteiger partial charge in [-0.05, 0) is 54.5 Å². The van der Waals surface area contributed by atoms with E-state index in [1.54, 1.807) is 24.3 Å². The lowest BCUT2D eigenvalue weighted by Gasteiger charge is -2.16. The summed E-state index contributed by atoms with van der Waals surface area (Å²) in [5, 5.41) is 1.37. The number of nitrogens with zero attached hydrogens (tertiary/aromatic N) is 1. The number of halogens is 1. The standard InChI is InChI=1S/C25H19ClN2O3S2/c1-16-11-12-19(20(26)13-16)23(29)27-28-24(30)22(33-25(28)32)14-18-9-5-6-10-21(18)31-15-17-7-3-2-4-8-17/h2-14H,15H2,1H3,(H,27,29)/b22-14+. The SMILES string of the molecule is Cc1ccc(C(=O)NN2C(=O)/C(=C\c3ccccc3OCc3ccccc3)SC2=S)c(Cl)c1. The van der Waals surface area contributed by atoms with Crippen molar-refractivity contribution in [1.82, 2.24) is 10.4 Å². The largest absolute Gasteiger partial charge is 0.488 e. The van der Waals surface area contributed by atoms with Gasteiger partial charge in [-0.3, -0.25) is 15.0 Å². The second-order valence-electron chi connectivity index (χ2n) is 7.25. The van der Waals surface area contributed by atoms with Crippen molar-refractivity contribution in [3.8, 4) is 5.75 Å². The van der Waals surface area contributed by atoms with Gasteiger partial charge in [-0.2, -0.15) is 5.01 Å². The van der Waals surface area contributed by atoms with Gasteiger partial charge < -0.3 is 4.74 Å². The summed E-state index contributed by atoms with van der Waals surface area (Å²) in [6.45, 7) is 2.28. The van der Waals surface area contributed by atoms with E-state index in [1.807, 2.05) is 61.5 Å². The Morgan fingerprint density at radius 2 is 1.85 bits per heavy atom. The zero-order valence-corrected chi connectivity index (χ0v) is 20.0. The Hall–Kier alpha value is -3.13. The van der Waals surface area contributed by atoms with Crippen LogP contribution in [0.25, 0.3) is 6.08 Å². The van der Waals surface area contributed by atoms with Gasteiger partial charge in [0.1, 0.15) is 12.4 Å². The Kier molecular flexibility index (Phi) is 7.13. The summed E-state index contributed by atoms with van der Waals surface area (Å²) >= 11 is 12.6. The van der Waals surface area contributed by atoms with Crippen LogP contribution in [-0.4, -0.2) is 21.1 Å². The van der Waals surface area contributed by atoms with Crippen LogP contribution in [0.2, 0.25) is 5.02 Å². The maximum atomic E-state index is 13.0. The average Bonchev–Trinajstić information content (AvgIpc) is 3.06. The van der Waals surface area contributed by atoms with E-state index < -0.39 is 11.8 Å². The zero-order chi connectivity index (χ0) is 23.4. The third-order valence-corrected chi connectivity index (χ3v) is 6.43. The Balaban J connectivity index is 1.50. The van der Waals surface area contributed by atoms with E-state index in [4.69, 9.17) is 28.6 Å². The number of ether oxygens (including phenoxy) is 1. The molecule has 0 bridgehead atoms. The van der Waals surface area contributed by atoms with Gasteiger partial charge >= 0.3 is 0 Å². The topological polar surface area (TPSA) is 58.6 Å². The molecule has 0 spiro atoms. The maximum absolute atomic E-state index is 13.0.